The molecule has 3 rings (SSSR count). The lowest BCUT2D eigenvalue weighted by Crippen LogP contribution is -2.07. The molecule has 0 spiro atoms. The number of carbonyl (C=O) groups is 1. The molecule has 2 nitrogen and oxygen atoms in total. The number of nitrogens with zero attached hydrogens (tertiary/aromatic N) is 1. The van der Waals surface area contributed by atoms with Crippen LogP contribution >= 0.6 is 0 Å². The molecule has 0 unspecified atom stereocenters. The number of carbonyl (C=O) groups excluding carboxylic acids is 1. The maximum absolute atomic E-state index is 11.3. The molecule has 0 fully saturated rings. The van der Waals surface area contributed by atoms with Crippen LogP contribution in [0, 0.1) is 0 Å². The first kappa shape index (κ1) is 13.3. The fourth-order valence-electron chi connectivity index (χ4n) is 2.62. The number of hydrogen-bond acceptors (Lipinski definition) is 2. The van der Waals surface area contributed by atoms with Crippen molar-refractivity contribution in [3.8, 4) is 0 Å². The number of pyridine rings is 1. The summed E-state index contributed by atoms with van der Waals surface area (Å²) in [7, 11) is 0. The zero-order valence-electron chi connectivity index (χ0n) is 11.5. The van der Waals surface area contributed by atoms with E-state index >= 15 is 0 Å². The molecule has 0 amide bonds. The Bertz CT molecular complexity index is 683. The molecule has 2 aromatic carbocycles. The minimum Gasteiger partial charge on any atom is -0.296 e. The van der Waals surface area contributed by atoms with Gasteiger partial charge in [0.25, 0.3) is 0 Å². The molecule has 0 aliphatic heterocycles. The van der Waals surface area contributed by atoms with Crippen LogP contribution in [0.4, 0.5) is 0 Å². The lowest BCUT2D eigenvalue weighted by molar-refractivity contribution is 0.111. The second-order valence-electron chi connectivity index (χ2n) is 4.85. The van der Waals surface area contributed by atoms with Gasteiger partial charge in [-0.1, -0.05) is 66.7 Å². The van der Waals surface area contributed by atoms with Crippen LogP contribution in [-0.2, 0) is 0 Å². The van der Waals surface area contributed by atoms with Crippen LogP contribution in [-0.4, -0.2) is 11.3 Å². The average molecular weight is 273 g/mol. The third-order valence-electron chi connectivity index (χ3n) is 3.56. The maximum atomic E-state index is 11.3. The minimum atomic E-state index is 0.0151. The summed E-state index contributed by atoms with van der Waals surface area (Å²) in [5, 5.41) is 0. The second-order valence-corrected chi connectivity index (χ2v) is 4.85. The van der Waals surface area contributed by atoms with Crippen LogP contribution in [0.1, 0.15) is 33.1 Å². The minimum absolute atomic E-state index is 0.0151. The lowest BCUT2D eigenvalue weighted by atomic mass is 9.84. The summed E-state index contributed by atoms with van der Waals surface area (Å²) in [5.41, 5.74) is 3.74. The summed E-state index contributed by atoms with van der Waals surface area (Å²) >= 11 is 0. The van der Waals surface area contributed by atoms with E-state index in [1.54, 1.807) is 6.20 Å². The van der Waals surface area contributed by atoms with Crippen molar-refractivity contribution in [2.75, 3.05) is 0 Å². The average Bonchev–Trinajstić information content (AvgIpc) is 2.58. The topological polar surface area (TPSA) is 30.0 Å². The van der Waals surface area contributed by atoms with Crippen molar-refractivity contribution >= 4 is 6.29 Å². The van der Waals surface area contributed by atoms with Gasteiger partial charge >= 0.3 is 0 Å². The number of rotatable bonds is 4. The molecule has 0 bridgehead atoms. The largest absolute Gasteiger partial charge is 0.296 e. The Morgan fingerprint density at radius 2 is 1.33 bits per heavy atom. The first-order chi connectivity index (χ1) is 10.4. The van der Waals surface area contributed by atoms with Gasteiger partial charge in [0.1, 0.15) is 5.69 Å². The predicted octanol–water partition coefficient (Wildman–Crippen LogP) is 4.07. The van der Waals surface area contributed by atoms with E-state index in [0.717, 1.165) is 23.0 Å². The standard InChI is InChI=1S/C19H15NO/c21-14-18-17(12-7-13-20-18)19(15-8-3-1-4-9-15)16-10-5-2-6-11-16/h1-14,19H. The van der Waals surface area contributed by atoms with Crippen molar-refractivity contribution in [1.29, 1.82) is 0 Å². The van der Waals surface area contributed by atoms with Crippen molar-refractivity contribution in [1.82, 2.24) is 4.98 Å². The lowest BCUT2D eigenvalue weighted by Gasteiger charge is -2.19. The molecule has 0 aliphatic rings. The van der Waals surface area contributed by atoms with E-state index in [2.05, 4.69) is 29.2 Å². The van der Waals surface area contributed by atoms with Crippen LogP contribution in [0.25, 0.3) is 0 Å². The number of aromatic nitrogens is 1. The molecule has 1 heterocycles. The number of hydrogen-bond donors (Lipinski definition) is 0. The van der Waals surface area contributed by atoms with Crippen molar-refractivity contribution in [3.05, 3.63) is 101 Å². The third kappa shape index (κ3) is 2.75. The van der Waals surface area contributed by atoms with Gasteiger partial charge in [-0.05, 0) is 22.8 Å². The van der Waals surface area contributed by atoms with E-state index < -0.39 is 0 Å². The van der Waals surface area contributed by atoms with Gasteiger partial charge in [-0.15, -0.1) is 0 Å². The molecule has 3 aromatic rings. The predicted molar refractivity (Wildman–Crippen MR) is 83.5 cm³/mol. The third-order valence-corrected chi connectivity index (χ3v) is 3.56. The molecule has 1 aromatic heterocycles. The van der Waals surface area contributed by atoms with E-state index in [1.165, 1.54) is 0 Å². The van der Waals surface area contributed by atoms with Gasteiger partial charge in [0.2, 0.25) is 0 Å². The Kier molecular flexibility index (Phi) is 3.88. The highest BCUT2D eigenvalue weighted by atomic mass is 16.1. The van der Waals surface area contributed by atoms with Crippen LogP contribution in [0.5, 0.6) is 0 Å². The smallest absolute Gasteiger partial charge is 0.168 e. The molecule has 0 saturated heterocycles. The van der Waals surface area contributed by atoms with Crippen molar-refractivity contribution < 1.29 is 4.79 Å². The highest BCUT2D eigenvalue weighted by molar-refractivity contribution is 5.75. The van der Waals surface area contributed by atoms with E-state index in [1.807, 2.05) is 48.5 Å². The Balaban J connectivity index is 2.20. The molecule has 0 N–H and O–H groups in total. The fourth-order valence-corrected chi connectivity index (χ4v) is 2.62. The molecule has 102 valence electrons. The SMILES string of the molecule is O=Cc1ncccc1C(c1ccccc1)c1ccccc1. The van der Waals surface area contributed by atoms with Gasteiger partial charge in [-0.3, -0.25) is 9.78 Å². The first-order valence-corrected chi connectivity index (χ1v) is 6.90. The van der Waals surface area contributed by atoms with Crippen LogP contribution in [0.3, 0.4) is 0 Å². The van der Waals surface area contributed by atoms with E-state index in [0.29, 0.717) is 5.69 Å². The Hall–Kier alpha value is -2.74. The van der Waals surface area contributed by atoms with Crippen LogP contribution < -0.4 is 0 Å². The van der Waals surface area contributed by atoms with Crippen molar-refractivity contribution in [2.24, 2.45) is 0 Å². The Morgan fingerprint density at radius 1 is 0.762 bits per heavy atom. The van der Waals surface area contributed by atoms with E-state index in [-0.39, 0.29) is 5.92 Å². The van der Waals surface area contributed by atoms with Gasteiger partial charge in [0, 0.05) is 12.1 Å². The zero-order chi connectivity index (χ0) is 14.5. The second kappa shape index (κ2) is 6.14. The molecule has 21 heavy (non-hydrogen) atoms. The number of benzene rings is 2. The Labute approximate surface area is 124 Å². The van der Waals surface area contributed by atoms with Crippen molar-refractivity contribution in [3.63, 3.8) is 0 Å². The molecule has 0 atom stereocenters. The normalized spacial score (nSPS) is 10.5. The summed E-state index contributed by atoms with van der Waals surface area (Å²) in [6.07, 6.45) is 2.48. The molecule has 0 radical (unpaired) electrons. The van der Waals surface area contributed by atoms with Gasteiger partial charge in [-0.25, -0.2) is 0 Å². The van der Waals surface area contributed by atoms with Gasteiger partial charge in [0.15, 0.2) is 6.29 Å². The summed E-state index contributed by atoms with van der Waals surface area (Å²) in [6.45, 7) is 0. The highest BCUT2D eigenvalue weighted by Crippen LogP contribution is 2.32. The molecular formula is C19H15NO. The van der Waals surface area contributed by atoms with Gasteiger partial charge in [0.05, 0.1) is 0 Å². The van der Waals surface area contributed by atoms with Crippen LogP contribution in [0.2, 0.25) is 0 Å². The van der Waals surface area contributed by atoms with E-state index in [9.17, 15) is 4.79 Å². The molecule has 0 saturated carbocycles. The summed E-state index contributed by atoms with van der Waals surface area (Å²) in [4.78, 5) is 15.5. The molecular weight excluding hydrogens is 258 g/mol. The molecule has 0 aliphatic carbocycles. The fraction of sp³-hybridized carbons (Fsp3) is 0.0526. The van der Waals surface area contributed by atoms with Gasteiger partial charge < -0.3 is 0 Å². The monoisotopic (exact) mass is 273 g/mol. The summed E-state index contributed by atoms with van der Waals surface area (Å²) in [6, 6.07) is 24.2. The first-order valence-electron chi connectivity index (χ1n) is 6.90. The quantitative estimate of drug-likeness (QED) is 0.671. The summed E-state index contributed by atoms with van der Waals surface area (Å²) in [5.74, 6) is 0.0151. The Morgan fingerprint density at radius 3 is 1.86 bits per heavy atom. The van der Waals surface area contributed by atoms with Crippen LogP contribution in [0.15, 0.2) is 79.0 Å². The zero-order valence-corrected chi connectivity index (χ0v) is 11.5. The summed E-state index contributed by atoms with van der Waals surface area (Å²) < 4.78 is 0. The number of aldehydes is 1. The maximum Gasteiger partial charge on any atom is 0.168 e. The highest BCUT2D eigenvalue weighted by Gasteiger charge is 2.19. The van der Waals surface area contributed by atoms with E-state index in [4.69, 9.17) is 0 Å². The molecule has 2 heteroatoms. The van der Waals surface area contributed by atoms with Crippen molar-refractivity contribution in [2.45, 2.75) is 5.92 Å². The van der Waals surface area contributed by atoms with Gasteiger partial charge in [-0.2, -0.15) is 0 Å².